The van der Waals surface area contributed by atoms with Gasteiger partial charge in [0, 0.05) is 25.4 Å². The molecule has 7 heteroatoms. The maximum atomic E-state index is 12.7. The van der Waals surface area contributed by atoms with Gasteiger partial charge in [0.1, 0.15) is 13.2 Å². The highest BCUT2D eigenvalue weighted by molar-refractivity contribution is 5.82. The van der Waals surface area contributed by atoms with E-state index in [9.17, 15) is 14.4 Å². The van der Waals surface area contributed by atoms with Crippen molar-refractivity contribution in [2.45, 2.75) is 40.0 Å². The Kier molecular flexibility index (Phi) is 7.97. The Morgan fingerprint density at radius 3 is 2.12 bits per heavy atom. The minimum Gasteiger partial charge on any atom is -0.480 e. The minimum absolute atomic E-state index is 0.0147. The summed E-state index contributed by atoms with van der Waals surface area (Å²) in [7, 11) is 0. The van der Waals surface area contributed by atoms with Crippen LogP contribution in [-0.4, -0.2) is 54.2 Å². The SMILES string of the molecule is CC(CNC(=O)OCC1c2ccccc2-c2ccccc21)CC(=O)N(CC(=O)O)CC(C)(C)C. The molecule has 0 saturated heterocycles. The van der Waals surface area contributed by atoms with E-state index in [0.717, 1.165) is 11.1 Å². The molecule has 2 N–H and O–H groups in total. The number of carboxylic acids is 1. The quantitative estimate of drug-likeness (QED) is 0.567. The smallest absolute Gasteiger partial charge is 0.407 e. The summed E-state index contributed by atoms with van der Waals surface area (Å²) < 4.78 is 5.54. The second-order valence-corrected chi connectivity index (χ2v) is 10.2. The number of benzene rings is 2. The molecule has 1 atom stereocenters. The molecule has 0 heterocycles. The van der Waals surface area contributed by atoms with Gasteiger partial charge >= 0.3 is 12.1 Å². The third-order valence-corrected chi connectivity index (χ3v) is 5.81. The molecule has 0 radical (unpaired) electrons. The van der Waals surface area contributed by atoms with E-state index < -0.39 is 12.1 Å². The normalized spacial score (nSPS) is 13.5. The molecular weight excluding hydrogens is 432 g/mol. The first-order chi connectivity index (χ1) is 16.0. The highest BCUT2D eigenvalue weighted by Crippen LogP contribution is 2.44. The predicted molar refractivity (Wildman–Crippen MR) is 131 cm³/mol. The molecule has 2 amide bonds. The molecule has 0 aliphatic heterocycles. The second-order valence-electron chi connectivity index (χ2n) is 10.2. The summed E-state index contributed by atoms with van der Waals surface area (Å²) in [6.45, 7) is 8.22. The van der Waals surface area contributed by atoms with Gasteiger partial charge in [-0.1, -0.05) is 76.2 Å². The topological polar surface area (TPSA) is 95.9 Å². The van der Waals surface area contributed by atoms with Crippen LogP contribution in [0.2, 0.25) is 0 Å². The van der Waals surface area contributed by atoms with Gasteiger partial charge in [0.15, 0.2) is 0 Å². The summed E-state index contributed by atoms with van der Waals surface area (Å²) in [6.07, 6.45) is -0.384. The largest absolute Gasteiger partial charge is 0.480 e. The number of aliphatic carboxylic acids is 1. The van der Waals surface area contributed by atoms with Crippen molar-refractivity contribution in [3.63, 3.8) is 0 Å². The van der Waals surface area contributed by atoms with Gasteiger partial charge < -0.3 is 20.1 Å². The fourth-order valence-corrected chi connectivity index (χ4v) is 4.37. The lowest BCUT2D eigenvalue weighted by atomic mass is 9.95. The number of nitrogens with one attached hydrogen (secondary N) is 1. The van der Waals surface area contributed by atoms with E-state index >= 15 is 0 Å². The van der Waals surface area contributed by atoms with Crippen LogP contribution in [-0.2, 0) is 14.3 Å². The van der Waals surface area contributed by atoms with Crippen molar-refractivity contribution < 1.29 is 24.2 Å². The number of carboxylic acid groups (broad SMARTS) is 1. The predicted octanol–water partition coefficient (Wildman–Crippen LogP) is 4.51. The van der Waals surface area contributed by atoms with Crippen LogP contribution in [0.4, 0.5) is 4.79 Å². The molecule has 0 spiro atoms. The van der Waals surface area contributed by atoms with E-state index in [1.165, 1.54) is 16.0 Å². The fraction of sp³-hybridized carbons (Fsp3) is 0.444. The van der Waals surface area contributed by atoms with E-state index in [1.54, 1.807) is 0 Å². The molecule has 2 aromatic carbocycles. The molecule has 7 nitrogen and oxygen atoms in total. The summed E-state index contributed by atoms with van der Waals surface area (Å²) >= 11 is 0. The zero-order chi connectivity index (χ0) is 24.9. The van der Waals surface area contributed by atoms with Crippen LogP contribution in [0.3, 0.4) is 0 Å². The standard InChI is InChI=1S/C27H34N2O5/c1-18(13-24(30)29(15-25(31)32)17-27(2,3)4)14-28-26(33)34-16-23-21-11-7-5-9-19(21)20-10-6-8-12-22(20)23/h5-12,18,23H,13-17H2,1-4H3,(H,28,33)(H,31,32). The zero-order valence-corrected chi connectivity index (χ0v) is 20.3. The van der Waals surface area contributed by atoms with Crippen LogP contribution in [0.25, 0.3) is 11.1 Å². The highest BCUT2D eigenvalue weighted by atomic mass is 16.5. The van der Waals surface area contributed by atoms with Crippen molar-refractivity contribution in [1.82, 2.24) is 10.2 Å². The van der Waals surface area contributed by atoms with Gasteiger partial charge in [0.05, 0.1) is 0 Å². The van der Waals surface area contributed by atoms with E-state index in [0.29, 0.717) is 6.54 Å². The van der Waals surface area contributed by atoms with Crippen LogP contribution in [0.15, 0.2) is 48.5 Å². The number of hydrogen-bond acceptors (Lipinski definition) is 4. The summed E-state index contributed by atoms with van der Waals surface area (Å²) in [4.78, 5) is 37.6. The van der Waals surface area contributed by atoms with Crippen molar-refractivity contribution in [1.29, 1.82) is 0 Å². The van der Waals surface area contributed by atoms with Crippen LogP contribution in [0.1, 0.15) is 51.2 Å². The number of amides is 2. The molecule has 0 bridgehead atoms. The Hall–Kier alpha value is -3.35. The Balaban J connectivity index is 1.50. The first-order valence-corrected chi connectivity index (χ1v) is 11.6. The van der Waals surface area contributed by atoms with Crippen LogP contribution in [0, 0.1) is 11.3 Å². The van der Waals surface area contributed by atoms with E-state index in [-0.39, 0.29) is 49.3 Å². The van der Waals surface area contributed by atoms with Crippen molar-refractivity contribution in [3.8, 4) is 11.1 Å². The average Bonchev–Trinajstić information content (AvgIpc) is 3.08. The lowest BCUT2D eigenvalue weighted by Gasteiger charge is -2.29. The van der Waals surface area contributed by atoms with Gasteiger partial charge in [-0.25, -0.2) is 4.79 Å². The molecule has 1 unspecified atom stereocenters. The Labute approximate surface area is 201 Å². The highest BCUT2D eigenvalue weighted by Gasteiger charge is 2.29. The van der Waals surface area contributed by atoms with Gasteiger partial charge in [-0.2, -0.15) is 0 Å². The first kappa shape index (κ1) is 25.3. The van der Waals surface area contributed by atoms with Crippen LogP contribution in [0.5, 0.6) is 0 Å². The molecule has 3 rings (SSSR count). The fourth-order valence-electron chi connectivity index (χ4n) is 4.37. The van der Waals surface area contributed by atoms with Crippen molar-refractivity contribution in [3.05, 3.63) is 59.7 Å². The van der Waals surface area contributed by atoms with Crippen molar-refractivity contribution in [2.75, 3.05) is 26.2 Å². The van der Waals surface area contributed by atoms with Gasteiger partial charge in [-0.05, 0) is 33.6 Å². The lowest BCUT2D eigenvalue weighted by Crippen LogP contribution is -2.42. The van der Waals surface area contributed by atoms with Gasteiger partial charge in [-0.3, -0.25) is 9.59 Å². The number of alkyl carbamates (subject to hydrolysis) is 1. The molecule has 1 aliphatic rings. The molecule has 0 saturated carbocycles. The number of hydrogen-bond donors (Lipinski definition) is 2. The molecular formula is C27H34N2O5. The van der Waals surface area contributed by atoms with Crippen LogP contribution >= 0.6 is 0 Å². The number of carbonyl (C=O) groups is 3. The molecule has 1 aliphatic carbocycles. The monoisotopic (exact) mass is 466 g/mol. The maximum absolute atomic E-state index is 12.7. The number of rotatable bonds is 9. The third-order valence-electron chi connectivity index (χ3n) is 5.81. The molecule has 34 heavy (non-hydrogen) atoms. The lowest BCUT2D eigenvalue weighted by molar-refractivity contribution is -0.145. The molecule has 0 fully saturated rings. The maximum Gasteiger partial charge on any atom is 0.407 e. The molecule has 182 valence electrons. The summed E-state index contributed by atoms with van der Waals surface area (Å²) in [6, 6.07) is 16.3. The number of nitrogens with zero attached hydrogens (tertiary/aromatic N) is 1. The van der Waals surface area contributed by atoms with E-state index in [4.69, 9.17) is 9.84 Å². The zero-order valence-electron chi connectivity index (χ0n) is 20.3. The van der Waals surface area contributed by atoms with E-state index in [1.807, 2.05) is 52.0 Å². The first-order valence-electron chi connectivity index (χ1n) is 11.6. The summed E-state index contributed by atoms with van der Waals surface area (Å²) in [5.41, 5.74) is 4.41. The number of ether oxygens (including phenoxy) is 1. The van der Waals surface area contributed by atoms with Crippen molar-refractivity contribution >= 4 is 18.0 Å². The summed E-state index contributed by atoms with van der Waals surface area (Å²) in [5, 5.41) is 11.9. The summed E-state index contributed by atoms with van der Waals surface area (Å²) in [5.74, 6) is -1.45. The number of carbonyl (C=O) groups excluding carboxylic acids is 2. The van der Waals surface area contributed by atoms with Gasteiger partial charge in [-0.15, -0.1) is 0 Å². The third kappa shape index (κ3) is 6.59. The molecule has 0 aromatic heterocycles. The van der Waals surface area contributed by atoms with Crippen LogP contribution < -0.4 is 5.32 Å². The van der Waals surface area contributed by atoms with Gasteiger partial charge in [0.25, 0.3) is 0 Å². The Bertz CT molecular complexity index is 998. The van der Waals surface area contributed by atoms with E-state index in [2.05, 4.69) is 29.6 Å². The Morgan fingerprint density at radius 2 is 1.59 bits per heavy atom. The molecule has 2 aromatic rings. The van der Waals surface area contributed by atoms with Crippen molar-refractivity contribution in [2.24, 2.45) is 11.3 Å². The second kappa shape index (κ2) is 10.7. The Morgan fingerprint density at radius 1 is 1.03 bits per heavy atom. The van der Waals surface area contributed by atoms with Gasteiger partial charge in [0.2, 0.25) is 5.91 Å². The minimum atomic E-state index is -1.04. The number of fused-ring (bicyclic) bond motifs is 3. The average molecular weight is 467 g/mol.